The van der Waals surface area contributed by atoms with Crippen molar-refractivity contribution in [2.45, 2.75) is 26.3 Å². The van der Waals surface area contributed by atoms with E-state index in [2.05, 4.69) is 24.3 Å². The lowest BCUT2D eigenvalue weighted by Crippen LogP contribution is -2.41. The molecule has 1 heterocycles. The monoisotopic (exact) mass is 367 g/mol. The van der Waals surface area contributed by atoms with Gasteiger partial charge in [-0.05, 0) is 30.5 Å². The maximum atomic E-state index is 12.3. The molecule has 9 heteroatoms. The topological polar surface area (TPSA) is 116 Å². The van der Waals surface area contributed by atoms with Crippen LogP contribution in [-0.4, -0.2) is 33.2 Å². The van der Waals surface area contributed by atoms with E-state index in [0.717, 1.165) is 6.42 Å². The second kappa shape index (κ2) is 9.14. The summed E-state index contributed by atoms with van der Waals surface area (Å²) in [6.07, 6.45) is 2.43. The summed E-state index contributed by atoms with van der Waals surface area (Å²) in [6.45, 7) is 4.50. The second-order valence-corrected chi connectivity index (χ2v) is 5.95. The largest absolute Gasteiger partial charge is 0.347 e. The van der Waals surface area contributed by atoms with Crippen LogP contribution in [0.5, 0.6) is 0 Å². The smallest absolute Gasteiger partial charge is 0.272 e. The summed E-state index contributed by atoms with van der Waals surface area (Å²) in [4.78, 5) is 22.5. The number of non-ortho nitro benzene ring substituents is 1. The molecule has 1 amide bonds. The fourth-order valence-corrected chi connectivity index (χ4v) is 2.36. The van der Waals surface area contributed by atoms with Gasteiger partial charge in [0.25, 0.3) is 11.6 Å². The number of benzene rings is 1. The van der Waals surface area contributed by atoms with Gasteiger partial charge in [-0.1, -0.05) is 13.8 Å². The van der Waals surface area contributed by atoms with Gasteiger partial charge in [-0.25, -0.2) is 4.68 Å². The van der Waals surface area contributed by atoms with E-state index in [4.69, 9.17) is 5.73 Å². The molecule has 1 aromatic carbocycles. The molecule has 0 aliphatic rings. The van der Waals surface area contributed by atoms with Gasteiger partial charge in [-0.2, -0.15) is 5.10 Å². The highest BCUT2D eigenvalue weighted by Gasteiger charge is 2.16. The van der Waals surface area contributed by atoms with Crippen LogP contribution >= 0.6 is 12.4 Å². The van der Waals surface area contributed by atoms with Crippen LogP contribution in [0.15, 0.2) is 36.5 Å². The fourth-order valence-electron chi connectivity index (χ4n) is 2.36. The van der Waals surface area contributed by atoms with Gasteiger partial charge in [0.1, 0.15) is 0 Å². The molecular weight excluding hydrogens is 346 g/mol. The summed E-state index contributed by atoms with van der Waals surface area (Å²) in [7, 11) is 0. The summed E-state index contributed by atoms with van der Waals surface area (Å²) in [6, 6.07) is 7.44. The van der Waals surface area contributed by atoms with E-state index in [-0.39, 0.29) is 35.7 Å². The zero-order valence-corrected chi connectivity index (χ0v) is 14.9. The van der Waals surface area contributed by atoms with Crippen molar-refractivity contribution in [3.05, 3.63) is 52.3 Å². The van der Waals surface area contributed by atoms with Gasteiger partial charge < -0.3 is 11.1 Å². The van der Waals surface area contributed by atoms with Gasteiger partial charge in [0.15, 0.2) is 5.69 Å². The van der Waals surface area contributed by atoms with Crippen LogP contribution in [0.4, 0.5) is 5.69 Å². The first-order chi connectivity index (χ1) is 11.4. The Balaban J connectivity index is 0.00000312. The van der Waals surface area contributed by atoms with Crippen molar-refractivity contribution < 1.29 is 9.72 Å². The normalized spacial score (nSPS) is 11.7. The van der Waals surface area contributed by atoms with Crippen molar-refractivity contribution in [1.82, 2.24) is 15.1 Å². The number of carbonyl (C=O) groups excluding carboxylic acids is 1. The van der Waals surface area contributed by atoms with Gasteiger partial charge in [-0.3, -0.25) is 14.9 Å². The van der Waals surface area contributed by atoms with Crippen LogP contribution in [0.25, 0.3) is 5.69 Å². The van der Waals surface area contributed by atoms with Gasteiger partial charge in [-0.15, -0.1) is 12.4 Å². The zero-order valence-electron chi connectivity index (χ0n) is 14.1. The molecule has 0 saturated carbocycles. The maximum Gasteiger partial charge on any atom is 0.272 e. The number of nitro groups is 1. The van der Waals surface area contributed by atoms with E-state index in [1.807, 2.05) is 0 Å². The number of nitrogens with one attached hydrogen (secondary N) is 1. The first kappa shape index (κ1) is 20.6. The minimum atomic E-state index is -0.465. The molecule has 2 rings (SSSR count). The minimum absolute atomic E-state index is 0. The molecule has 8 nitrogen and oxygen atoms in total. The van der Waals surface area contributed by atoms with Crippen LogP contribution in [0.3, 0.4) is 0 Å². The zero-order chi connectivity index (χ0) is 17.7. The molecule has 0 fully saturated rings. The molecule has 1 aromatic heterocycles. The number of hydrogen-bond acceptors (Lipinski definition) is 5. The molecular formula is C16H22ClN5O3. The Morgan fingerprint density at radius 1 is 1.32 bits per heavy atom. The number of halogens is 1. The van der Waals surface area contributed by atoms with E-state index in [9.17, 15) is 14.9 Å². The molecule has 3 N–H and O–H groups in total. The molecule has 0 bridgehead atoms. The van der Waals surface area contributed by atoms with Crippen molar-refractivity contribution in [3.63, 3.8) is 0 Å². The van der Waals surface area contributed by atoms with Gasteiger partial charge in [0, 0.05) is 30.9 Å². The number of aromatic nitrogens is 2. The van der Waals surface area contributed by atoms with Crippen LogP contribution < -0.4 is 11.1 Å². The van der Waals surface area contributed by atoms with Crippen molar-refractivity contribution in [2.24, 2.45) is 11.7 Å². The van der Waals surface area contributed by atoms with E-state index in [1.165, 1.54) is 16.8 Å². The average Bonchev–Trinajstić information content (AvgIpc) is 3.04. The van der Waals surface area contributed by atoms with E-state index < -0.39 is 4.92 Å². The van der Waals surface area contributed by atoms with Crippen LogP contribution in [-0.2, 0) is 0 Å². The molecule has 0 spiro atoms. The molecule has 25 heavy (non-hydrogen) atoms. The van der Waals surface area contributed by atoms with Crippen LogP contribution in [0.1, 0.15) is 30.8 Å². The van der Waals surface area contributed by atoms with Crippen molar-refractivity contribution in [2.75, 3.05) is 6.54 Å². The van der Waals surface area contributed by atoms with Crippen LogP contribution in [0, 0.1) is 16.0 Å². The highest BCUT2D eigenvalue weighted by molar-refractivity contribution is 5.92. The number of carbonyl (C=O) groups is 1. The number of nitrogens with two attached hydrogens (primary N) is 1. The average molecular weight is 368 g/mol. The van der Waals surface area contributed by atoms with Crippen LogP contribution in [0.2, 0.25) is 0 Å². The predicted octanol–water partition coefficient (Wildman–Crippen LogP) is 2.31. The number of rotatable bonds is 7. The second-order valence-electron chi connectivity index (χ2n) is 5.95. The maximum absolute atomic E-state index is 12.3. The Morgan fingerprint density at radius 3 is 2.48 bits per heavy atom. The van der Waals surface area contributed by atoms with Gasteiger partial charge in [0.05, 0.1) is 10.6 Å². The standard InChI is InChI=1S/C16H21N5O3.ClH/c1-11(2)9-12(10-17)18-16(22)15-7-8-20(19-15)13-3-5-14(6-4-13)21(23)24;/h3-8,11-12H,9-10,17H2,1-2H3,(H,18,22);1H. The Hall–Kier alpha value is -2.45. The van der Waals surface area contributed by atoms with E-state index >= 15 is 0 Å². The van der Waals surface area contributed by atoms with Crippen molar-refractivity contribution in [1.29, 1.82) is 0 Å². The third kappa shape index (κ3) is 5.54. The fraction of sp³-hybridized carbons (Fsp3) is 0.375. The third-order valence-electron chi connectivity index (χ3n) is 3.52. The quantitative estimate of drug-likeness (QED) is 0.575. The molecule has 1 atom stereocenters. The number of hydrogen-bond donors (Lipinski definition) is 2. The van der Waals surface area contributed by atoms with E-state index in [0.29, 0.717) is 18.2 Å². The Morgan fingerprint density at radius 2 is 1.96 bits per heavy atom. The third-order valence-corrected chi connectivity index (χ3v) is 3.52. The van der Waals surface area contributed by atoms with E-state index in [1.54, 1.807) is 24.4 Å². The highest BCUT2D eigenvalue weighted by atomic mass is 35.5. The SMILES string of the molecule is CC(C)CC(CN)NC(=O)c1ccn(-c2ccc([N+](=O)[O-])cc2)n1.Cl. The Kier molecular flexibility index (Phi) is 7.53. The molecule has 0 aliphatic heterocycles. The molecule has 0 radical (unpaired) electrons. The van der Waals surface area contributed by atoms with Gasteiger partial charge >= 0.3 is 0 Å². The Bertz CT molecular complexity index is 715. The minimum Gasteiger partial charge on any atom is -0.347 e. The summed E-state index contributed by atoms with van der Waals surface area (Å²) < 4.78 is 1.50. The lowest BCUT2D eigenvalue weighted by atomic mass is 10.0. The lowest BCUT2D eigenvalue weighted by Gasteiger charge is -2.18. The molecule has 0 aliphatic carbocycles. The highest BCUT2D eigenvalue weighted by Crippen LogP contribution is 2.15. The first-order valence-electron chi connectivity index (χ1n) is 7.72. The lowest BCUT2D eigenvalue weighted by molar-refractivity contribution is -0.384. The predicted molar refractivity (Wildman–Crippen MR) is 97.2 cm³/mol. The Labute approximate surface area is 152 Å². The number of amides is 1. The summed E-state index contributed by atoms with van der Waals surface area (Å²) in [5, 5.41) is 17.8. The van der Waals surface area contributed by atoms with Crippen molar-refractivity contribution >= 4 is 24.0 Å². The first-order valence-corrected chi connectivity index (χ1v) is 7.72. The van der Waals surface area contributed by atoms with Gasteiger partial charge in [0.2, 0.25) is 0 Å². The van der Waals surface area contributed by atoms with Crippen molar-refractivity contribution in [3.8, 4) is 5.69 Å². The summed E-state index contributed by atoms with van der Waals surface area (Å²) >= 11 is 0. The number of nitrogens with zero attached hydrogens (tertiary/aromatic N) is 3. The summed E-state index contributed by atoms with van der Waals surface area (Å²) in [5.74, 6) is 0.142. The molecule has 2 aromatic rings. The summed E-state index contributed by atoms with van der Waals surface area (Å²) in [5.41, 5.74) is 6.60. The molecule has 1 unspecified atom stereocenters. The molecule has 0 saturated heterocycles. The number of nitro benzene ring substituents is 1. The molecule has 136 valence electrons.